The van der Waals surface area contributed by atoms with Crippen LogP contribution in [0.25, 0.3) is 0 Å². The molecule has 2 nitrogen and oxygen atoms in total. The summed E-state index contributed by atoms with van der Waals surface area (Å²) >= 11 is 22.6. The molecule has 110 valence electrons. The molecule has 0 aliphatic carbocycles. The fraction of sp³-hybridized carbons (Fsp3) is 0.0714. The molecule has 0 unspecified atom stereocenters. The summed E-state index contributed by atoms with van der Waals surface area (Å²) in [5, 5.41) is 0.902. The molecule has 0 spiro atoms. The molecule has 0 atom stereocenters. The van der Waals surface area contributed by atoms with E-state index in [9.17, 15) is 4.39 Å². The molecule has 0 amide bonds. The normalized spacial score (nSPS) is 10.5. The molecule has 0 aliphatic rings. The minimum Gasteiger partial charge on any atom is -0.487 e. The van der Waals surface area contributed by atoms with E-state index in [0.29, 0.717) is 26.9 Å². The zero-order valence-electron chi connectivity index (χ0n) is 10.5. The molecule has 0 aliphatic heterocycles. The lowest BCUT2D eigenvalue weighted by Crippen LogP contribution is -2.10. The molecule has 0 heterocycles. The molecule has 0 saturated carbocycles. The van der Waals surface area contributed by atoms with E-state index in [2.05, 4.69) is 0 Å². The topological polar surface area (TPSA) is 35.2 Å². The van der Waals surface area contributed by atoms with Crippen LogP contribution in [-0.2, 0) is 6.61 Å². The number of nitrogens with two attached hydrogens (primary N) is 1. The number of rotatable bonds is 4. The molecule has 2 aromatic carbocycles. The van der Waals surface area contributed by atoms with Gasteiger partial charge in [-0.15, -0.1) is 0 Å². The number of thiocarbonyl (C=S) groups is 1. The second-order valence-corrected chi connectivity index (χ2v) is 5.82. The standard InChI is InChI=1S/C14H9Cl3FNOS/c15-9-4-11(17)13(5-10(9)16)20-6-8-3-7(14(19)21)1-2-12(8)18/h1-5H,6H2,(H2,19,21). The second kappa shape index (κ2) is 6.79. The molecule has 21 heavy (non-hydrogen) atoms. The van der Waals surface area contributed by atoms with Crippen molar-refractivity contribution in [1.82, 2.24) is 0 Å². The summed E-state index contributed by atoms with van der Waals surface area (Å²) in [6, 6.07) is 7.25. The molecular weight excluding hydrogens is 356 g/mol. The van der Waals surface area contributed by atoms with Crippen molar-refractivity contribution in [3.05, 3.63) is 62.3 Å². The summed E-state index contributed by atoms with van der Waals surface area (Å²) in [4.78, 5) is 0.184. The van der Waals surface area contributed by atoms with E-state index in [0.717, 1.165) is 0 Å². The molecule has 7 heteroatoms. The van der Waals surface area contributed by atoms with Crippen molar-refractivity contribution in [2.24, 2.45) is 5.73 Å². The highest BCUT2D eigenvalue weighted by Crippen LogP contribution is 2.34. The molecule has 2 aromatic rings. The predicted octanol–water partition coefficient (Wildman–Crippen LogP) is 5.00. The molecule has 0 fully saturated rings. The van der Waals surface area contributed by atoms with Gasteiger partial charge in [0, 0.05) is 17.2 Å². The summed E-state index contributed by atoms with van der Waals surface area (Å²) in [6.45, 7) is -0.0417. The van der Waals surface area contributed by atoms with Crippen LogP contribution >= 0.6 is 47.0 Å². The highest BCUT2D eigenvalue weighted by molar-refractivity contribution is 7.80. The van der Waals surface area contributed by atoms with Crippen molar-refractivity contribution in [3.8, 4) is 5.75 Å². The molecular formula is C14H9Cl3FNOS. The van der Waals surface area contributed by atoms with Crippen molar-refractivity contribution in [3.63, 3.8) is 0 Å². The van der Waals surface area contributed by atoms with Gasteiger partial charge in [-0.1, -0.05) is 47.0 Å². The third-order valence-electron chi connectivity index (χ3n) is 2.69. The van der Waals surface area contributed by atoms with Crippen LogP contribution < -0.4 is 10.5 Å². The van der Waals surface area contributed by atoms with Gasteiger partial charge in [0.05, 0.1) is 15.1 Å². The van der Waals surface area contributed by atoms with Crippen LogP contribution in [0.15, 0.2) is 30.3 Å². The number of halogens is 4. The highest BCUT2D eigenvalue weighted by Gasteiger charge is 2.10. The molecule has 2 N–H and O–H groups in total. The van der Waals surface area contributed by atoms with Gasteiger partial charge in [-0.3, -0.25) is 0 Å². The fourth-order valence-corrected chi connectivity index (χ4v) is 2.33. The quantitative estimate of drug-likeness (QED) is 0.612. The first-order chi connectivity index (χ1) is 9.88. The Morgan fingerprint density at radius 2 is 1.76 bits per heavy atom. The van der Waals surface area contributed by atoms with Gasteiger partial charge in [-0.05, 0) is 24.3 Å². The van der Waals surface area contributed by atoms with Crippen molar-refractivity contribution in [1.29, 1.82) is 0 Å². The summed E-state index contributed by atoms with van der Waals surface area (Å²) < 4.78 is 19.2. The molecule has 0 radical (unpaired) electrons. The SMILES string of the molecule is NC(=S)c1ccc(F)c(COc2cc(Cl)c(Cl)cc2Cl)c1. The van der Waals surface area contributed by atoms with E-state index in [-0.39, 0.29) is 16.6 Å². The first-order valence-electron chi connectivity index (χ1n) is 5.74. The van der Waals surface area contributed by atoms with Crippen LogP contribution in [0.5, 0.6) is 5.75 Å². The average molecular weight is 365 g/mol. The number of hydrogen-bond donors (Lipinski definition) is 1. The van der Waals surface area contributed by atoms with Gasteiger partial charge in [0.1, 0.15) is 23.2 Å². The number of benzene rings is 2. The number of hydrogen-bond acceptors (Lipinski definition) is 2. The third kappa shape index (κ3) is 3.98. The summed E-state index contributed by atoms with van der Waals surface area (Å²) in [5.74, 6) is -0.114. The maximum absolute atomic E-state index is 13.7. The molecule has 0 aromatic heterocycles. The van der Waals surface area contributed by atoms with Crippen molar-refractivity contribution in [2.75, 3.05) is 0 Å². The lowest BCUT2D eigenvalue weighted by molar-refractivity contribution is 0.300. The Hall–Kier alpha value is -1.07. The molecule has 0 bridgehead atoms. The van der Waals surface area contributed by atoms with Crippen molar-refractivity contribution < 1.29 is 9.13 Å². The Balaban J connectivity index is 2.22. The van der Waals surface area contributed by atoms with Crippen LogP contribution in [0.1, 0.15) is 11.1 Å². The highest BCUT2D eigenvalue weighted by atomic mass is 35.5. The van der Waals surface area contributed by atoms with Crippen LogP contribution in [0.3, 0.4) is 0 Å². The van der Waals surface area contributed by atoms with E-state index >= 15 is 0 Å². The van der Waals surface area contributed by atoms with Gasteiger partial charge in [-0.2, -0.15) is 0 Å². The van der Waals surface area contributed by atoms with Crippen LogP contribution in [0, 0.1) is 5.82 Å². The van der Waals surface area contributed by atoms with E-state index in [1.54, 1.807) is 0 Å². The Kier molecular flexibility index (Phi) is 5.27. The van der Waals surface area contributed by atoms with Gasteiger partial charge in [0.25, 0.3) is 0 Å². The Labute approximate surface area is 141 Å². The summed E-state index contributed by atoms with van der Waals surface area (Å²) in [6.07, 6.45) is 0. The van der Waals surface area contributed by atoms with Gasteiger partial charge >= 0.3 is 0 Å². The molecule has 0 saturated heterocycles. The zero-order valence-corrected chi connectivity index (χ0v) is 13.6. The Bertz CT molecular complexity index is 709. The van der Waals surface area contributed by atoms with Crippen LogP contribution in [0.4, 0.5) is 4.39 Å². The molecule has 2 rings (SSSR count). The van der Waals surface area contributed by atoms with Crippen LogP contribution in [0.2, 0.25) is 15.1 Å². The lowest BCUT2D eigenvalue weighted by atomic mass is 10.1. The second-order valence-electron chi connectivity index (χ2n) is 4.16. The van der Waals surface area contributed by atoms with E-state index in [1.165, 1.54) is 30.3 Å². The average Bonchev–Trinajstić information content (AvgIpc) is 2.42. The van der Waals surface area contributed by atoms with Gasteiger partial charge < -0.3 is 10.5 Å². The fourth-order valence-electron chi connectivity index (χ4n) is 1.61. The van der Waals surface area contributed by atoms with Gasteiger partial charge in [-0.25, -0.2) is 4.39 Å². The minimum atomic E-state index is -0.425. The Morgan fingerprint density at radius 1 is 1.10 bits per heavy atom. The van der Waals surface area contributed by atoms with Crippen molar-refractivity contribution in [2.45, 2.75) is 6.61 Å². The summed E-state index contributed by atoms with van der Waals surface area (Å²) in [7, 11) is 0. The Morgan fingerprint density at radius 3 is 2.43 bits per heavy atom. The van der Waals surface area contributed by atoms with E-state index in [4.69, 9.17) is 57.5 Å². The first kappa shape index (κ1) is 16.3. The maximum Gasteiger partial charge on any atom is 0.139 e. The monoisotopic (exact) mass is 363 g/mol. The smallest absolute Gasteiger partial charge is 0.139 e. The van der Waals surface area contributed by atoms with Gasteiger partial charge in [0.15, 0.2) is 0 Å². The van der Waals surface area contributed by atoms with Gasteiger partial charge in [0.2, 0.25) is 0 Å². The maximum atomic E-state index is 13.7. The number of ether oxygens (including phenoxy) is 1. The minimum absolute atomic E-state index is 0.0417. The van der Waals surface area contributed by atoms with Crippen molar-refractivity contribution >= 4 is 52.0 Å². The third-order valence-corrected chi connectivity index (χ3v) is 3.94. The van der Waals surface area contributed by atoms with E-state index in [1.807, 2.05) is 0 Å². The van der Waals surface area contributed by atoms with Crippen LogP contribution in [-0.4, -0.2) is 4.99 Å². The first-order valence-corrected chi connectivity index (χ1v) is 7.28. The summed E-state index contributed by atoms with van der Waals surface area (Å²) in [5.41, 5.74) is 6.38. The predicted molar refractivity (Wildman–Crippen MR) is 88.1 cm³/mol. The largest absolute Gasteiger partial charge is 0.487 e. The lowest BCUT2D eigenvalue weighted by Gasteiger charge is -2.11. The zero-order chi connectivity index (χ0) is 15.6. The van der Waals surface area contributed by atoms with E-state index < -0.39 is 5.82 Å².